The molecule has 4 heteroatoms. The van der Waals surface area contributed by atoms with Crippen LogP contribution in [0.2, 0.25) is 0 Å². The van der Waals surface area contributed by atoms with Gasteiger partial charge in [0.25, 0.3) is 0 Å². The van der Waals surface area contributed by atoms with Gasteiger partial charge in [0.05, 0.1) is 0 Å². The maximum atomic E-state index is 13.5. The molecule has 4 unspecified atom stereocenters. The highest BCUT2D eigenvalue weighted by Gasteiger charge is 2.51. The molecule has 14 heavy (non-hydrogen) atoms. The first-order valence-corrected chi connectivity index (χ1v) is 5.10. The smallest absolute Gasteiger partial charge is 0.163 e. The number of alkyl halides is 4. The zero-order valence-corrected chi connectivity index (χ0v) is 8.39. The van der Waals surface area contributed by atoms with Crippen LogP contribution in [0.5, 0.6) is 0 Å². The van der Waals surface area contributed by atoms with E-state index in [4.69, 9.17) is 0 Å². The fourth-order valence-electron chi connectivity index (χ4n) is 2.22. The van der Waals surface area contributed by atoms with E-state index < -0.39 is 36.5 Å². The summed E-state index contributed by atoms with van der Waals surface area (Å²) in [4.78, 5) is 0. The Morgan fingerprint density at radius 3 is 1.29 bits per heavy atom. The van der Waals surface area contributed by atoms with Crippen molar-refractivity contribution in [2.45, 2.75) is 51.4 Å². The van der Waals surface area contributed by atoms with E-state index in [0.717, 1.165) is 0 Å². The lowest BCUT2D eigenvalue weighted by Crippen LogP contribution is -2.51. The van der Waals surface area contributed by atoms with Crippen molar-refractivity contribution in [3.63, 3.8) is 0 Å². The summed E-state index contributed by atoms with van der Waals surface area (Å²) in [6.45, 7) is 3.20. The van der Waals surface area contributed by atoms with Gasteiger partial charge in [-0.1, -0.05) is 13.8 Å². The average molecular weight is 212 g/mol. The molecular weight excluding hydrogens is 196 g/mol. The summed E-state index contributed by atoms with van der Waals surface area (Å²) in [5.74, 6) is -1.97. The molecule has 0 amide bonds. The van der Waals surface area contributed by atoms with E-state index in [1.54, 1.807) is 13.8 Å². The third-order valence-corrected chi connectivity index (χ3v) is 3.19. The lowest BCUT2D eigenvalue weighted by atomic mass is 9.74. The molecule has 0 aromatic carbocycles. The zero-order chi connectivity index (χ0) is 10.9. The molecule has 4 atom stereocenters. The SMILES string of the molecule is CCC1C(F)C(F)C(F)C(CC)C1F. The van der Waals surface area contributed by atoms with Crippen molar-refractivity contribution in [1.82, 2.24) is 0 Å². The predicted octanol–water partition coefficient (Wildman–Crippen LogP) is 3.40. The Kier molecular flexibility index (Phi) is 3.78. The van der Waals surface area contributed by atoms with Crippen molar-refractivity contribution in [1.29, 1.82) is 0 Å². The summed E-state index contributed by atoms with van der Waals surface area (Å²) >= 11 is 0. The van der Waals surface area contributed by atoms with E-state index in [9.17, 15) is 17.6 Å². The van der Waals surface area contributed by atoms with Gasteiger partial charge in [0.2, 0.25) is 0 Å². The average Bonchev–Trinajstić information content (AvgIpc) is 2.16. The second kappa shape index (κ2) is 4.49. The van der Waals surface area contributed by atoms with E-state index in [-0.39, 0.29) is 12.8 Å². The standard InChI is InChI=1S/C10H16F4/c1-3-5-7(11)6(4-2)9(13)10(14)8(5)12/h5-10H,3-4H2,1-2H3. The highest BCUT2D eigenvalue weighted by Crippen LogP contribution is 2.40. The molecule has 84 valence electrons. The quantitative estimate of drug-likeness (QED) is 0.615. The van der Waals surface area contributed by atoms with Crippen LogP contribution in [0, 0.1) is 11.8 Å². The highest BCUT2D eigenvalue weighted by molar-refractivity contribution is 4.97. The molecule has 1 aliphatic carbocycles. The highest BCUT2D eigenvalue weighted by atomic mass is 19.2. The first-order valence-electron chi connectivity index (χ1n) is 5.10. The molecule has 0 bridgehead atoms. The Balaban J connectivity index is 2.82. The van der Waals surface area contributed by atoms with Gasteiger partial charge in [0.15, 0.2) is 6.17 Å². The lowest BCUT2D eigenvalue weighted by Gasteiger charge is -2.39. The fourth-order valence-corrected chi connectivity index (χ4v) is 2.22. The van der Waals surface area contributed by atoms with Crippen LogP contribution in [-0.4, -0.2) is 24.7 Å². The molecule has 0 saturated heterocycles. The Morgan fingerprint density at radius 1 is 0.643 bits per heavy atom. The van der Waals surface area contributed by atoms with Crippen molar-refractivity contribution in [2.75, 3.05) is 0 Å². The first kappa shape index (κ1) is 11.8. The Hall–Kier alpha value is -0.280. The second-order valence-electron chi connectivity index (χ2n) is 3.92. The molecule has 0 N–H and O–H groups in total. The Morgan fingerprint density at radius 2 is 1.00 bits per heavy atom. The van der Waals surface area contributed by atoms with Crippen molar-refractivity contribution in [2.24, 2.45) is 11.8 Å². The van der Waals surface area contributed by atoms with Gasteiger partial charge in [-0.15, -0.1) is 0 Å². The topological polar surface area (TPSA) is 0 Å². The van der Waals surface area contributed by atoms with Crippen LogP contribution >= 0.6 is 0 Å². The summed E-state index contributed by atoms with van der Waals surface area (Å²) in [6.07, 6.45) is -7.27. The molecule has 0 aromatic rings. The molecule has 1 saturated carbocycles. The molecule has 1 fully saturated rings. The number of hydrogen-bond donors (Lipinski definition) is 0. The van der Waals surface area contributed by atoms with Crippen molar-refractivity contribution >= 4 is 0 Å². The zero-order valence-electron chi connectivity index (χ0n) is 8.39. The van der Waals surface area contributed by atoms with Crippen LogP contribution in [0.3, 0.4) is 0 Å². The third kappa shape index (κ3) is 1.75. The number of halogens is 4. The van der Waals surface area contributed by atoms with E-state index in [2.05, 4.69) is 0 Å². The summed E-state index contributed by atoms with van der Waals surface area (Å²) in [5, 5.41) is 0. The van der Waals surface area contributed by atoms with Crippen molar-refractivity contribution < 1.29 is 17.6 Å². The van der Waals surface area contributed by atoms with E-state index in [1.807, 2.05) is 0 Å². The van der Waals surface area contributed by atoms with E-state index in [0.29, 0.717) is 0 Å². The third-order valence-electron chi connectivity index (χ3n) is 3.19. The molecule has 0 heterocycles. The van der Waals surface area contributed by atoms with Crippen LogP contribution < -0.4 is 0 Å². The second-order valence-corrected chi connectivity index (χ2v) is 3.92. The maximum Gasteiger partial charge on any atom is 0.163 e. The van der Waals surface area contributed by atoms with Gasteiger partial charge in [0, 0.05) is 11.8 Å². The molecule has 0 aromatic heterocycles. The van der Waals surface area contributed by atoms with Gasteiger partial charge in [-0.2, -0.15) is 0 Å². The summed E-state index contributed by atoms with van der Waals surface area (Å²) in [6, 6.07) is 0. The number of rotatable bonds is 2. The van der Waals surface area contributed by atoms with Crippen LogP contribution in [0.1, 0.15) is 26.7 Å². The monoisotopic (exact) mass is 212 g/mol. The van der Waals surface area contributed by atoms with E-state index >= 15 is 0 Å². The van der Waals surface area contributed by atoms with Crippen molar-refractivity contribution in [3.05, 3.63) is 0 Å². The largest absolute Gasteiger partial charge is 0.247 e. The van der Waals surface area contributed by atoms with Crippen LogP contribution in [-0.2, 0) is 0 Å². The summed E-state index contributed by atoms with van der Waals surface area (Å²) in [5.41, 5.74) is 0. The van der Waals surface area contributed by atoms with E-state index in [1.165, 1.54) is 0 Å². The lowest BCUT2D eigenvalue weighted by molar-refractivity contribution is -0.0800. The minimum atomic E-state index is -2.16. The van der Waals surface area contributed by atoms with Gasteiger partial charge in [-0.25, -0.2) is 17.6 Å². The van der Waals surface area contributed by atoms with Crippen LogP contribution in [0.15, 0.2) is 0 Å². The first-order chi connectivity index (χ1) is 6.54. The minimum absolute atomic E-state index is 0.214. The Bertz CT molecular complexity index is 167. The molecule has 1 rings (SSSR count). The molecular formula is C10H16F4. The van der Waals surface area contributed by atoms with Gasteiger partial charge in [-0.3, -0.25) is 0 Å². The number of hydrogen-bond acceptors (Lipinski definition) is 0. The van der Waals surface area contributed by atoms with Crippen LogP contribution in [0.4, 0.5) is 17.6 Å². The molecule has 0 aliphatic heterocycles. The fraction of sp³-hybridized carbons (Fsp3) is 1.00. The maximum absolute atomic E-state index is 13.5. The summed E-state index contributed by atoms with van der Waals surface area (Å²) in [7, 11) is 0. The molecule has 0 spiro atoms. The molecule has 1 aliphatic rings. The van der Waals surface area contributed by atoms with Gasteiger partial charge in [-0.05, 0) is 12.8 Å². The normalized spacial score (nSPS) is 49.3. The van der Waals surface area contributed by atoms with Crippen molar-refractivity contribution in [3.8, 4) is 0 Å². The Labute approximate surface area is 81.7 Å². The predicted molar refractivity (Wildman–Crippen MR) is 47.1 cm³/mol. The van der Waals surface area contributed by atoms with Gasteiger partial charge < -0.3 is 0 Å². The van der Waals surface area contributed by atoms with Gasteiger partial charge in [0.1, 0.15) is 18.5 Å². The minimum Gasteiger partial charge on any atom is -0.247 e. The molecule has 0 radical (unpaired) electrons. The summed E-state index contributed by atoms with van der Waals surface area (Å²) < 4.78 is 53.0. The van der Waals surface area contributed by atoms with Crippen LogP contribution in [0.25, 0.3) is 0 Å². The molecule has 0 nitrogen and oxygen atoms in total. The van der Waals surface area contributed by atoms with Gasteiger partial charge >= 0.3 is 0 Å².